The Balaban J connectivity index is 2.47. The minimum absolute atomic E-state index is 0.389. The first-order valence-corrected chi connectivity index (χ1v) is 3.74. The Kier molecular flexibility index (Phi) is 1.88. The summed E-state index contributed by atoms with van der Waals surface area (Å²) in [5.74, 6) is 0. The van der Waals surface area contributed by atoms with Gasteiger partial charge in [0.1, 0.15) is 17.6 Å². The summed E-state index contributed by atoms with van der Waals surface area (Å²) in [6, 6.07) is 8.61. The molecule has 0 saturated heterocycles. The normalized spacial score (nSPS) is 9.85. The second-order valence-corrected chi connectivity index (χ2v) is 2.53. The van der Waals surface area contributed by atoms with Crippen LogP contribution in [0.5, 0.6) is 0 Å². The van der Waals surface area contributed by atoms with Crippen LogP contribution in [0.4, 0.5) is 5.69 Å². The van der Waals surface area contributed by atoms with Gasteiger partial charge in [0.25, 0.3) is 0 Å². The van der Waals surface area contributed by atoms with Crippen molar-refractivity contribution in [2.24, 2.45) is 5.18 Å². The van der Waals surface area contributed by atoms with Crippen LogP contribution in [-0.2, 0) is 0 Å². The van der Waals surface area contributed by atoms with E-state index >= 15 is 0 Å². The highest BCUT2D eigenvalue weighted by molar-refractivity contribution is 5.62. The molecule has 0 amide bonds. The smallest absolute Gasteiger partial charge is 0.124 e. The van der Waals surface area contributed by atoms with Crippen LogP contribution in [0.3, 0.4) is 0 Å². The summed E-state index contributed by atoms with van der Waals surface area (Å²) >= 11 is 0. The lowest BCUT2D eigenvalue weighted by Gasteiger charge is -1.94. The average molecular weight is 174 g/mol. The predicted octanol–water partition coefficient (Wildman–Crippen LogP) is 2.74. The van der Waals surface area contributed by atoms with Gasteiger partial charge in [-0.3, -0.25) is 0 Å². The van der Waals surface area contributed by atoms with Crippen molar-refractivity contribution in [1.29, 1.82) is 0 Å². The molecule has 4 heteroatoms. The molecule has 0 radical (unpaired) electrons. The minimum atomic E-state index is 0.389. The first-order valence-electron chi connectivity index (χ1n) is 3.74. The Hall–Kier alpha value is -1.97. The SMILES string of the molecule is O=Nc1cccc(-c2ccon2)c1. The van der Waals surface area contributed by atoms with Gasteiger partial charge in [0.2, 0.25) is 0 Å². The molecule has 13 heavy (non-hydrogen) atoms. The monoisotopic (exact) mass is 174 g/mol. The number of hydrogen-bond donors (Lipinski definition) is 0. The fourth-order valence-electron chi connectivity index (χ4n) is 1.08. The van der Waals surface area contributed by atoms with Crippen LogP contribution in [0.15, 0.2) is 46.3 Å². The molecule has 0 saturated carbocycles. The van der Waals surface area contributed by atoms with Crippen LogP contribution >= 0.6 is 0 Å². The zero-order valence-corrected chi connectivity index (χ0v) is 6.68. The van der Waals surface area contributed by atoms with Crippen molar-refractivity contribution in [1.82, 2.24) is 5.16 Å². The molecule has 0 N–H and O–H groups in total. The zero-order valence-electron chi connectivity index (χ0n) is 6.68. The number of nitrogens with zero attached hydrogens (tertiary/aromatic N) is 2. The fraction of sp³-hybridized carbons (Fsp3) is 0. The van der Waals surface area contributed by atoms with E-state index in [4.69, 9.17) is 0 Å². The third kappa shape index (κ3) is 1.46. The standard InChI is InChI=1S/C9H6N2O2/c12-10-8-3-1-2-7(6-8)9-4-5-13-11-9/h1-6H. The molecule has 0 fully saturated rings. The summed E-state index contributed by atoms with van der Waals surface area (Å²) < 4.78 is 4.68. The van der Waals surface area contributed by atoms with E-state index in [1.807, 2.05) is 6.07 Å². The molecule has 2 aromatic rings. The summed E-state index contributed by atoms with van der Waals surface area (Å²) in [7, 11) is 0. The lowest BCUT2D eigenvalue weighted by molar-refractivity contribution is 0.422. The van der Waals surface area contributed by atoms with Crippen molar-refractivity contribution in [3.63, 3.8) is 0 Å². The van der Waals surface area contributed by atoms with Crippen molar-refractivity contribution in [2.45, 2.75) is 0 Å². The number of rotatable bonds is 2. The van der Waals surface area contributed by atoms with Crippen LogP contribution in [0, 0.1) is 4.91 Å². The summed E-state index contributed by atoms with van der Waals surface area (Å²) in [6.45, 7) is 0. The molecule has 0 bridgehead atoms. The van der Waals surface area contributed by atoms with E-state index < -0.39 is 0 Å². The molecule has 64 valence electrons. The van der Waals surface area contributed by atoms with E-state index in [0.29, 0.717) is 11.4 Å². The van der Waals surface area contributed by atoms with Crippen LogP contribution in [0.1, 0.15) is 0 Å². The molecule has 0 aliphatic rings. The quantitative estimate of drug-likeness (QED) is 0.657. The van der Waals surface area contributed by atoms with Gasteiger partial charge in [-0.2, -0.15) is 0 Å². The molecule has 0 unspecified atom stereocenters. The number of nitroso groups, excluding NO2 is 1. The topological polar surface area (TPSA) is 55.5 Å². The van der Waals surface area contributed by atoms with Gasteiger partial charge in [-0.25, -0.2) is 0 Å². The van der Waals surface area contributed by atoms with E-state index in [-0.39, 0.29) is 0 Å². The molecule has 0 aliphatic carbocycles. The lowest BCUT2D eigenvalue weighted by Crippen LogP contribution is -1.75. The van der Waals surface area contributed by atoms with Crippen LogP contribution in [-0.4, -0.2) is 5.16 Å². The summed E-state index contributed by atoms with van der Waals surface area (Å²) in [5, 5.41) is 6.58. The molecule has 1 aromatic carbocycles. The molecule has 0 aliphatic heterocycles. The van der Waals surface area contributed by atoms with Crippen molar-refractivity contribution < 1.29 is 4.52 Å². The summed E-state index contributed by atoms with van der Waals surface area (Å²) in [5.41, 5.74) is 1.91. The fourth-order valence-corrected chi connectivity index (χ4v) is 1.08. The highest BCUT2D eigenvalue weighted by Gasteiger charge is 2.01. The highest BCUT2D eigenvalue weighted by atomic mass is 16.5. The first-order chi connectivity index (χ1) is 6.40. The van der Waals surface area contributed by atoms with Crippen molar-refractivity contribution in [3.05, 3.63) is 41.5 Å². The van der Waals surface area contributed by atoms with E-state index in [1.54, 1.807) is 24.3 Å². The second kappa shape index (κ2) is 3.18. The van der Waals surface area contributed by atoms with E-state index in [1.165, 1.54) is 6.26 Å². The summed E-state index contributed by atoms with van der Waals surface area (Å²) in [4.78, 5) is 10.2. The van der Waals surface area contributed by atoms with Crippen LogP contribution in [0.2, 0.25) is 0 Å². The predicted molar refractivity (Wildman–Crippen MR) is 47.4 cm³/mol. The molecule has 1 heterocycles. The Bertz CT molecular complexity index is 409. The molecule has 0 atom stereocenters. The maximum absolute atomic E-state index is 10.2. The van der Waals surface area contributed by atoms with Gasteiger partial charge in [0, 0.05) is 11.6 Å². The third-order valence-electron chi connectivity index (χ3n) is 1.69. The molecular weight excluding hydrogens is 168 g/mol. The lowest BCUT2D eigenvalue weighted by atomic mass is 10.1. The number of aromatic nitrogens is 1. The largest absolute Gasteiger partial charge is 0.364 e. The van der Waals surface area contributed by atoms with Gasteiger partial charge in [-0.05, 0) is 17.3 Å². The van der Waals surface area contributed by atoms with Crippen molar-refractivity contribution in [3.8, 4) is 11.3 Å². The molecular formula is C9H6N2O2. The minimum Gasteiger partial charge on any atom is -0.364 e. The highest BCUT2D eigenvalue weighted by Crippen LogP contribution is 2.21. The van der Waals surface area contributed by atoms with E-state index in [0.717, 1.165) is 5.56 Å². The Morgan fingerprint density at radius 1 is 1.31 bits per heavy atom. The Morgan fingerprint density at radius 2 is 2.23 bits per heavy atom. The van der Waals surface area contributed by atoms with Crippen LogP contribution < -0.4 is 0 Å². The van der Waals surface area contributed by atoms with E-state index in [2.05, 4.69) is 14.9 Å². The number of hydrogen-bond acceptors (Lipinski definition) is 4. The first kappa shape index (κ1) is 7.67. The zero-order chi connectivity index (χ0) is 9.10. The van der Waals surface area contributed by atoms with Gasteiger partial charge in [-0.15, -0.1) is 4.91 Å². The average Bonchev–Trinajstić information content (AvgIpc) is 2.71. The maximum Gasteiger partial charge on any atom is 0.124 e. The molecule has 2 rings (SSSR count). The van der Waals surface area contributed by atoms with E-state index in [9.17, 15) is 4.91 Å². The molecule has 1 aromatic heterocycles. The van der Waals surface area contributed by atoms with Gasteiger partial charge in [0.05, 0.1) is 0 Å². The van der Waals surface area contributed by atoms with Crippen LogP contribution in [0.25, 0.3) is 11.3 Å². The molecule has 4 nitrogen and oxygen atoms in total. The summed E-state index contributed by atoms with van der Waals surface area (Å²) in [6.07, 6.45) is 1.48. The van der Waals surface area contributed by atoms with Gasteiger partial charge < -0.3 is 4.52 Å². The third-order valence-corrected chi connectivity index (χ3v) is 1.69. The Morgan fingerprint density at radius 3 is 2.92 bits per heavy atom. The number of benzene rings is 1. The Labute approximate surface area is 74.1 Å². The van der Waals surface area contributed by atoms with Gasteiger partial charge >= 0.3 is 0 Å². The molecule has 0 spiro atoms. The van der Waals surface area contributed by atoms with Gasteiger partial charge in [0.15, 0.2) is 0 Å². The van der Waals surface area contributed by atoms with Crippen molar-refractivity contribution >= 4 is 5.69 Å². The maximum atomic E-state index is 10.2. The second-order valence-electron chi connectivity index (χ2n) is 2.53. The van der Waals surface area contributed by atoms with Crippen molar-refractivity contribution in [2.75, 3.05) is 0 Å². The van der Waals surface area contributed by atoms with Gasteiger partial charge in [-0.1, -0.05) is 17.3 Å².